The summed E-state index contributed by atoms with van der Waals surface area (Å²) in [6.45, 7) is -0.483. The average molecular weight is 580 g/mol. The van der Waals surface area contributed by atoms with E-state index in [-0.39, 0.29) is 16.7 Å². The maximum Gasteiger partial charge on any atom is 0.344 e. The van der Waals surface area contributed by atoms with Crippen LogP contribution in [0.2, 0.25) is 0 Å². The Morgan fingerprint density at radius 1 is 1.34 bits per heavy atom. The molecule has 0 bridgehead atoms. The molecule has 0 unspecified atom stereocenters. The van der Waals surface area contributed by atoms with Gasteiger partial charge >= 0.3 is 5.97 Å². The standard InChI is InChI=1S/C21H21N7O7S3/c22-21-24-16(26-38-21)13(25-35-6-12(29)30)17(31)23-14-18(32)28-15(20(33)34)9(7-36-19(14)28)5-27-8-37-11-4-2-1-3-10(11)27/h8,14,19H,1-7H2,(H4-,22,23,24,26,29,30,31,33,34)/b25-13-/t14-,19-/m1/s1. The van der Waals surface area contributed by atoms with Crippen LogP contribution >= 0.6 is 34.6 Å². The van der Waals surface area contributed by atoms with Gasteiger partial charge in [0.1, 0.15) is 11.4 Å². The van der Waals surface area contributed by atoms with E-state index in [2.05, 4.69) is 24.7 Å². The lowest BCUT2D eigenvalue weighted by Crippen LogP contribution is -2.71. The summed E-state index contributed by atoms with van der Waals surface area (Å²) in [5.41, 5.74) is 8.67. The van der Waals surface area contributed by atoms with E-state index in [1.54, 1.807) is 11.3 Å². The highest BCUT2D eigenvalue weighted by atomic mass is 32.2. The summed E-state index contributed by atoms with van der Waals surface area (Å²) in [6.07, 6.45) is 4.16. The van der Waals surface area contributed by atoms with Crippen molar-refractivity contribution in [2.45, 2.75) is 43.6 Å². The predicted molar refractivity (Wildman–Crippen MR) is 133 cm³/mol. The van der Waals surface area contributed by atoms with Gasteiger partial charge in [-0.15, -0.1) is 11.8 Å². The van der Waals surface area contributed by atoms with E-state index < -0.39 is 47.5 Å². The molecule has 1 fully saturated rings. The summed E-state index contributed by atoms with van der Waals surface area (Å²) in [6, 6.07) is -1.06. The van der Waals surface area contributed by atoms with Crippen molar-refractivity contribution in [1.82, 2.24) is 19.6 Å². The van der Waals surface area contributed by atoms with Crippen LogP contribution in [0.3, 0.4) is 0 Å². The van der Waals surface area contributed by atoms with Gasteiger partial charge in [0, 0.05) is 29.3 Å². The highest BCUT2D eigenvalue weighted by molar-refractivity contribution is 8.00. The molecule has 2 aliphatic heterocycles. The van der Waals surface area contributed by atoms with Gasteiger partial charge < -0.3 is 30.9 Å². The molecule has 0 spiro atoms. The number of thiazole rings is 1. The largest absolute Gasteiger partial charge is 0.543 e. The molecule has 2 aromatic rings. The van der Waals surface area contributed by atoms with E-state index in [9.17, 15) is 24.3 Å². The predicted octanol–water partition coefficient (Wildman–Crippen LogP) is -1.74. The first-order valence-corrected chi connectivity index (χ1v) is 14.1. The van der Waals surface area contributed by atoms with E-state index in [4.69, 9.17) is 10.8 Å². The number of nitrogens with zero attached hydrogens (tertiary/aromatic N) is 5. The third-order valence-corrected chi connectivity index (χ3v) is 9.13. The number of aliphatic carboxylic acids is 2. The number of aromatic nitrogens is 3. The summed E-state index contributed by atoms with van der Waals surface area (Å²) in [5, 5.41) is 26.3. The third-order valence-electron chi connectivity index (χ3n) is 6.16. The SMILES string of the molecule is Nc1nc(/C(=N/OCC(=O)O)C(=O)N[C@@H]2C(=O)N3C(C(=O)[O-])=C(C[n+]4csc5c4CCCC5)CS[C@H]23)ns1. The van der Waals surface area contributed by atoms with Gasteiger partial charge in [-0.25, -0.2) is 4.79 Å². The van der Waals surface area contributed by atoms with Gasteiger partial charge in [0.2, 0.25) is 23.7 Å². The Balaban J connectivity index is 1.34. The molecule has 2 atom stereocenters. The van der Waals surface area contributed by atoms with E-state index in [1.165, 1.54) is 22.3 Å². The number of oxime groups is 1. The van der Waals surface area contributed by atoms with Crippen molar-refractivity contribution in [3.05, 3.63) is 33.2 Å². The van der Waals surface area contributed by atoms with Crippen LogP contribution in [0.1, 0.15) is 29.2 Å². The topological polar surface area (TPSA) is 204 Å². The first kappa shape index (κ1) is 26.1. The maximum absolute atomic E-state index is 13.1. The smallest absolute Gasteiger partial charge is 0.344 e. The number of anilines is 1. The minimum absolute atomic E-state index is 0.0356. The number of amides is 2. The van der Waals surface area contributed by atoms with Gasteiger partial charge in [-0.2, -0.15) is 13.9 Å². The number of carboxylic acids is 2. The summed E-state index contributed by atoms with van der Waals surface area (Å²) in [7, 11) is 0. The number of rotatable bonds is 9. The molecule has 38 heavy (non-hydrogen) atoms. The number of carbonyl (C=O) groups is 4. The van der Waals surface area contributed by atoms with Gasteiger partial charge in [0.15, 0.2) is 17.4 Å². The fourth-order valence-electron chi connectivity index (χ4n) is 4.49. The Morgan fingerprint density at radius 3 is 2.84 bits per heavy atom. The van der Waals surface area contributed by atoms with Gasteiger partial charge in [0.05, 0.1) is 16.5 Å². The lowest BCUT2D eigenvalue weighted by atomic mass is 10.0. The molecule has 4 N–H and O–H groups in total. The van der Waals surface area contributed by atoms with Crippen molar-refractivity contribution < 1.29 is 38.8 Å². The zero-order valence-electron chi connectivity index (χ0n) is 19.6. The quantitative estimate of drug-likeness (QED) is 0.132. The Labute approximate surface area is 227 Å². The number of hydrogen-bond donors (Lipinski definition) is 3. The minimum Gasteiger partial charge on any atom is -0.543 e. The molecule has 3 aliphatic rings. The normalized spacial score (nSPS) is 20.9. The number of β-lactam (4-membered cyclic amide) rings is 1. The molecule has 17 heteroatoms. The summed E-state index contributed by atoms with van der Waals surface area (Å²) in [5.74, 6) is -4.18. The van der Waals surface area contributed by atoms with Crippen LogP contribution in [0.5, 0.6) is 0 Å². The Hall–Kier alpha value is -3.57. The fourth-order valence-corrected chi connectivity index (χ4v) is 7.34. The van der Waals surface area contributed by atoms with E-state index in [0.29, 0.717) is 17.9 Å². The number of carboxylic acid groups (broad SMARTS) is 2. The molecule has 4 heterocycles. The Bertz CT molecular complexity index is 1380. The van der Waals surface area contributed by atoms with Crippen molar-refractivity contribution in [3.63, 3.8) is 0 Å². The maximum atomic E-state index is 13.1. The third kappa shape index (κ3) is 4.95. The van der Waals surface area contributed by atoms with Crippen molar-refractivity contribution in [2.24, 2.45) is 5.16 Å². The van der Waals surface area contributed by atoms with Crippen LogP contribution in [0, 0.1) is 0 Å². The molecule has 14 nitrogen and oxygen atoms in total. The molecule has 0 saturated carbocycles. The first-order valence-electron chi connectivity index (χ1n) is 11.4. The summed E-state index contributed by atoms with van der Waals surface area (Å²) < 4.78 is 5.94. The van der Waals surface area contributed by atoms with Crippen molar-refractivity contribution in [1.29, 1.82) is 0 Å². The highest BCUT2D eigenvalue weighted by Gasteiger charge is 2.53. The van der Waals surface area contributed by atoms with Crippen molar-refractivity contribution in [3.8, 4) is 0 Å². The van der Waals surface area contributed by atoms with Gasteiger partial charge in [-0.1, -0.05) is 16.5 Å². The second-order valence-corrected chi connectivity index (χ2v) is 11.4. The van der Waals surface area contributed by atoms with Crippen LogP contribution in [0.4, 0.5) is 5.13 Å². The minimum atomic E-state index is -1.46. The van der Waals surface area contributed by atoms with Gasteiger partial charge in [0.25, 0.3) is 11.8 Å². The molecular formula is C21H21N7O7S3. The van der Waals surface area contributed by atoms with Crippen LogP contribution in [0.25, 0.3) is 0 Å². The molecule has 1 saturated heterocycles. The van der Waals surface area contributed by atoms with E-state index in [1.807, 2.05) is 10.1 Å². The number of aryl methyl sites for hydroxylation is 1. The van der Waals surface area contributed by atoms with Gasteiger partial charge in [-0.05, 0) is 19.3 Å². The number of nitrogens with one attached hydrogen (secondary N) is 1. The Morgan fingerprint density at radius 2 is 2.13 bits per heavy atom. The number of hydrogen-bond acceptors (Lipinski definition) is 13. The van der Waals surface area contributed by atoms with Gasteiger partial charge in [-0.3, -0.25) is 14.5 Å². The number of thioether (sulfide) groups is 1. The second-order valence-electron chi connectivity index (χ2n) is 8.59. The van der Waals surface area contributed by atoms with Crippen LogP contribution in [0.15, 0.2) is 21.9 Å². The van der Waals surface area contributed by atoms with Crippen LogP contribution < -0.4 is 20.7 Å². The second kappa shape index (κ2) is 10.7. The number of nitrogens with two attached hydrogens (primary N) is 1. The molecule has 200 valence electrons. The monoisotopic (exact) mass is 579 g/mol. The Kier molecular flexibility index (Phi) is 7.31. The van der Waals surface area contributed by atoms with Crippen molar-refractivity contribution in [2.75, 3.05) is 18.1 Å². The zero-order valence-corrected chi connectivity index (χ0v) is 22.1. The number of fused-ring (bicyclic) bond motifs is 2. The summed E-state index contributed by atoms with van der Waals surface area (Å²) >= 11 is 3.76. The molecule has 0 aromatic carbocycles. The average Bonchev–Trinajstić information content (AvgIpc) is 3.50. The van der Waals surface area contributed by atoms with Crippen LogP contribution in [-0.4, -0.2) is 72.6 Å². The molecule has 5 rings (SSSR count). The summed E-state index contributed by atoms with van der Waals surface area (Å²) in [4.78, 5) is 59.9. The zero-order chi connectivity index (χ0) is 27.0. The fraction of sp³-hybridized carbons (Fsp3) is 0.429. The lowest BCUT2D eigenvalue weighted by molar-refractivity contribution is -0.692. The van der Waals surface area contributed by atoms with Crippen molar-refractivity contribution >= 4 is 69.2 Å². The lowest BCUT2D eigenvalue weighted by Gasteiger charge is -2.50. The molecule has 1 aliphatic carbocycles. The number of nitrogen functional groups attached to an aromatic ring is 1. The molecule has 2 aromatic heterocycles. The highest BCUT2D eigenvalue weighted by Crippen LogP contribution is 2.40. The molecule has 2 amide bonds. The van der Waals surface area contributed by atoms with E-state index >= 15 is 0 Å². The first-order chi connectivity index (χ1) is 18.2. The molecule has 0 radical (unpaired) electrons. The van der Waals surface area contributed by atoms with Crippen LogP contribution in [-0.2, 0) is 43.4 Å². The number of carbonyl (C=O) groups excluding carboxylic acids is 3. The van der Waals surface area contributed by atoms with E-state index in [0.717, 1.165) is 42.1 Å². The molecular weight excluding hydrogens is 558 g/mol.